The normalized spacial score (nSPS) is 13.2. The molecule has 7 heteroatoms. The molecular weight excluding hydrogens is 320 g/mol. The lowest BCUT2D eigenvalue weighted by molar-refractivity contribution is -0.134. The van der Waals surface area contributed by atoms with E-state index in [0.29, 0.717) is 0 Å². The second-order valence-corrected chi connectivity index (χ2v) is 5.11. The summed E-state index contributed by atoms with van der Waals surface area (Å²) < 4.78 is 30.7. The fraction of sp³-hybridized carbons (Fsp3) is 0.118. The Balaban J connectivity index is 1.62. The molecule has 0 fully saturated rings. The third-order valence-electron chi connectivity index (χ3n) is 3.54. The minimum Gasteiger partial charge on any atom is -0.426 e. The fourth-order valence-corrected chi connectivity index (χ4v) is 2.37. The van der Waals surface area contributed by atoms with Crippen molar-refractivity contribution in [1.29, 1.82) is 0 Å². The second-order valence-electron chi connectivity index (χ2n) is 5.11. The molecule has 0 spiro atoms. The standard InChI is InChI=1S/C17H11F2NO4/c18-13-6-5-10(9-14(13)19)24-15(21)7-8-20-16(22)11-3-1-2-4-12(11)17(20)23/h1-6,9H,7-8H2. The van der Waals surface area contributed by atoms with Crippen molar-refractivity contribution >= 4 is 17.8 Å². The quantitative estimate of drug-likeness (QED) is 0.491. The Morgan fingerprint density at radius 3 is 2.17 bits per heavy atom. The SMILES string of the molecule is O=C(CCN1C(=O)c2ccccc2C1=O)Oc1ccc(F)c(F)c1. The second kappa shape index (κ2) is 6.19. The van der Waals surface area contributed by atoms with Crippen LogP contribution in [-0.4, -0.2) is 29.2 Å². The number of fused-ring (bicyclic) bond motifs is 1. The van der Waals surface area contributed by atoms with Crippen molar-refractivity contribution in [3.63, 3.8) is 0 Å². The van der Waals surface area contributed by atoms with Crippen molar-refractivity contribution in [3.8, 4) is 5.75 Å². The number of carbonyl (C=O) groups is 3. The Labute approximate surface area is 135 Å². The van der Waals surface area contributed by atoms with Gasteiger partial charge in [0.15, 0.2) is 11.6 Å². The van der Waals surface area contributed by atoms with Crippen LogP contribution in [0.5, 0.6) is 5.75 Å². The Bertz CT molecular complexity index is 815. The van der Waals surface area contributed by atoms with Crippen LogP contribution in [-0.2, 0) is 4.79 Å². The lowest BCUT2D eigenvalue weighted by Gasteiger charge is -2.13. The van der Waals surface area contributed by atoms with E-state index in [-0.39, 0.29) is 29.8 Å². The molecule has 2 amide bonds. The van der Waals surface area contributed by atoms with Crippen LogP contribution in [0.3, 0.4) is 0 Å². The van der Waals surface area contributed by atoms with Gasteiger partial charge in [-0.05, 0) is 24.3 Å². The van der Waals surface area contributed by atoms with Gasteiger partial charge in [0.1, 0.15) is 5.75 Å². The van der Waals surface area contributed by atoms with E-state index in [4.69, 9.17) is 4.74 Å². The maximum absolute atomic E-state index is 13.1. The molecule has 5 nitrogen and oxygen atoms in total. The summed E-state index contributed by atoms with van der Waals surface area (Å²) in [7, 11) is 0. The monoisotopic (exact) mass is 331 g/mol. The average Bonchev–Trinajstić information content (AvgIpc) is 2.81. The minimum absolute atomic E-state index is 0.152. The van der Waals surface area contributed by atoms with Crippen LogP contribution in [0.1, 0.15) is 27.1 Å². The van der Waals surface area contributed by atoms with Gasteiger partial charge in [-0.2, -0.15) is 0 Å². The molecule has 0 saturated carbocycles. The summed E-state index contributed by atoms with van der Waals surface area (Å²) in [5.74, 6) is -4.06. The topological polar surface area (TPSA) is 63.7 Å². The highest BCUT2D eigenvalue weighted by Crippen LogP contribution is 2.22. The van der Waals surface area contributed by atoms with Crippen LogP contribution < -0.4 is 4.74 Å². The van der Waals surface area contributed by atoms with Gasteiger partial charge in [0, 0.05) is 12.6 Å². The Kier molecular flexibility index (Phi) is 4.07. The van der Waals surface area contributed by atoms with Gasteiger partial charge < -0.3 is 4.74 Å². The summed E-state index contributed by atoms with van der Waals surface area (Å²) in [6.45, 7) is -0.158. The summed E-state index contributed by atoms with van der Waals surface area (Å²) in [5, 5.41) is 0. The van der Waals surface area contributed by atoms with Gasteiger partial charge in [-0.3, -0.25) is 19.3 Å². The average molecular weight is 331 g/mol. The molecule has 1 heterocycles. The van der Waals surface area contributed by atoms with Crippen molar-refractivity contribution in [2.45, 2.75) is 6.42 Å². The first kappa shape index (κ1) is 15.8. The van der Waals surface area contributed by atoms with Crippen LogP contribution in [0.4, 0.5) is 8.78 Å². The first-order chi connectivity index (χ1) is 11.5. The first-order valence-electron chi connectivity index (χ1n) is 7.08. The third-order valence-corrected chi connectivity index (χ3v) is 3.54. The molecule has 24 heavy (non-hydrogen) atoms. The van der Waals surface area contributed by atoms with Crippen LogP contribution in [0, 0.1) is 11.6 Å². The molecule has 2 aromatic rings. The number of hydrogen-bond acceptors (Lipinski definition) is 4. The number of hydrogen-bond donors (Lipinski definition) is 0. The van der Waals surface area contributed by atoms with Crippen molar-refractivity contribution in [2.24, 2.45) is 0 Å². The third kappa shape index (κ3) is 2.88. The Hall–Kier alpha value is -3.09. The molecule has 0 atom stereocenters. The maximum Gasteiger partial charge on any atom is 0.313 e. The molecule has 0 saturated heterocycles. The first-order valence-corrected chi connectivity index (χ1v) is 7.08. The van der Waals surface area contributed by atoms with E-state index < -0.39 is 29.4 Å². The molecule has 0 radical (unpaired) electrons. The number of halogens is 2. The van der Waals surface area contributed by atoms with Gasteiger partial charge in [0.25, 0.3) is 11.8 Å². The minimum atomic E-state index is -1.14. The maximum atomic E-state index is 13.1. The highest BCUT2D eigenvalue weighted by Gasteiger charge is 2.35. The molecule has 0 bridgehead atoms. The number of carbonyl (C=O) groups excluding carboxylic acids is 3. The molecule has 0 unspecified atom stereocenters. The van der Waals surface area contributed by atoms with Gasteiger partial charge in [-0.1, -0.05) is 12.1 Å². The number of amides is 2. The number of imide groups is 1. The predicted octanol–water partition coefficient (Wildman–Crippen LogP) is 2.56. The zero-order valence-corrected chi connectivity index (χ0v) is 12.3. The van der Waals surface area contributed by atoms with Gasteiger partial charge in [0.2, 0.25) is 0 Å². The predicted molar refractivity (Wildman–Crippen MR) is 78.4 cm³/mol. The highest BCUT2D eigenvalue weighted by atomic mass is 19.2. The van der Waals surface area contributed by atoms with Gasteiger partial charge in [-0.15, -0.1) is 0 Å². The fourth-order valence-electron chi connectivity index (χ4n) is 2.37. The molecular formula is C17H11F2NO4. The van der Waals surface area contributed by atoms with Crippen molar-refractivity contribution in [1.82, 2.24) is 4.90 Å². The number of nitrogens with zero attached hydrogens (tertiary/aromatic N) is 1. The van der Waals surface area contributed by atoms with E-state index >= 15 is 0 Å². The zero-order valence-electron chi connectivity index (χ0n) is 12.3. The molecule has 0 N–H and O–H groups in total. The summed E-state index contributed by atoms with van der Waals surface area (Å²) in [6.07, 6.45) is -0.259. The largest absolute Gasteiger partial charge is 0.426 e. The van der Waals surface area contributed by atoms with Crippen LogP contribution in [0.25, 0.3) is 0 Å². The lowest BCUT2D eigenvalue weighted by atomic mass is 10.1. The van der Waals surface area contributed by atoms with Crippen LogP contribution >= 0.6 is 0 Å². The Morgan fingerprint density at radius 1 is 0.958 bits per heavy atom. The summed E-state index contributed by atoms with van der Waals surface area (Å²) >= 11 is 0. The molecule has 1 aliphatic rings. The van der Waals surface area contributed by atoms with Gasteiger partial charge in [0.05, 0.1) is 17.5 Å². The molecule has 0 aromatic heterocycles. The van der Waals surface area contributed by atoms with Crippen LogP contribution in [0.2, 0.25) is 0 Å². The zero-order chi connectivity index (χ0) is 17.3. The van der Waals surface area contributed by atoms with Gasteiger partial charge in [-0.25, -0.2) is 8.78 Å². The van der Waals surface area contributed by atoms with E-state index in [1.165, 1.54) is 12.1 Å². The number of ether oxygens (including phenoxy) is 1. The molecule has 1 aliphatic heterocycles. The van der Waals surface area contributed by atoms with Crippen molar-refractivity contribution < 1.29 is 27.9 Å². The van der Waals surface area contributed by atoms with Crippen molar-refractivity contribution in [3.05, 3.63) is 65.2 Å². The lowest BCUT2D eigenvalue weighted by Crippen LogP contribution is -2.32. The summed E-state index contributed by atoms with van der Waals surface area (Å²) in [6, 6.07) is 9.05. The number of benzene rings is 2. The molecule has 0 aliphatic carbocycles. The Morgan fingerprint density at radius 2 is 1.58 bits per heavy atom. The number of rotatable bonds is 4. The van der Waals surface area contributed by atoms with Gasteiger partial charge >= 0.3 is 5.97 Å². The van der Waals surface area contributed by atoms with Crippen molar-refractivity contribution in [2.75, 3.05) is 6.54 Å². The summed E-state index contributed by atoms with van der Waals surface area (Å²) in [5.41, 5.74) is 0.577. The van der Waals surface area contributed by atoms with Crippen LogP contribution in [0.15, 0.2) is 42.5 Å². The number of esters is 1. The van der Waals surface area contributed by atoms with E-state index in [9.17, 15) is 23.2 Å². The highest BCUT2D eigenvalue weighted by molar-refractivity contribution is 6.21. The molecule has 3 rings (SSSR count). The molecule has 122 valence electrons. The van der Waals surface area contributed by atoms with E-state index in [2.05, 4.69) is 0 Å². The smallest absolute Gasteiger partial charge is 0.313 e. The van der Waals surface area contributed by atoms with E-state index in [1.54, 1.807) is 12.1 Å². The molecule has 2 aromatic carbocycles. The summed E-state index contributed by atoms with van der Waals surface area (Å²) in [4.78, 5) is 37.0. The van der Waals surface area contributed by atoms with E-state index in [0.717, 1.165) is 23.1 Å². The van der Waals surface area contributed by atoms with E-state index in [1.807, 2.05) is 0 Å².